The summed E-state index contributed by atoms with van der Waals surface area (Å²) >= 11 is 0. The van der Waals surface area contributed by atoms with E-state index in [4.69, 9.17) is 0 Å². The first-order chi connectivity index (χ1) is 3.13. The van der Waals surface area contributed by atoms with E-state index >= 15 is 0 Å². The van der Waals surface area contributed by atoms with Crippen molar-refractivity contribution in [3.05, 3.63) is 0 Å². The largest absolute Gasteiger partial charge is 0.205 e. The van der Waals surface area contributed by atoms with Crippen molar-refractivity contribution in [3.8, 4) is 0 Å². The second-order valence-corrected chi connectivity index (χ2v) is 5.74. The summed E-state index contributed by atoms with van der Waals surface area (Å²) < 4.78 is 19.6. The van der Waals surface area contributed by atoms with Gasteiger partial charge >= 0.3 is 0 Å². The Morgan fingerprint density at radius 2 is 1.86 bits per heavy atom. The normalized spacial score (nSPS) is 9.00. The van der Waals surface area contributed by atoms with Crippen molar-refractivity contribution in [2.24, 2.45) is 0 Å². The molecule has 0 unspecified atom stereocenters. The van der Waals surface area contributed by atoms with Crippen LogP contribution >= 0.6 is 0 Å². The Bertz CT molecular complexity index is 148. The fourth-order valence-corrected chi connectivity index (χ4v) is 2.00. The summed E-state index contributed by atoms with van der Waals surface area (Å²) in [6, 6.07) is 0. The van der Waals surface area contributed by atoms with Gasteiger partial charge in [-0.25, -0.2) is 0 Å². The maximum Gasteiger partial charge on any atom is 0.205 e. The molecule has 0 aromatic heterocycles. The zero-order valence-corrected chi connectivity index (χ0v) is 6.35. The van der Waals surface area contributed by atoms with Crippen LogP contribution in [0.15, 0.2) is 0 Å². The lowest BCUT2D eigenvalue weighted by atomic mass is 11.8. The van der Waals surface area contributed by atoms with E-state index in [1.54, 1.807) is 0 Å². The summed E-state index contributed by atoms with van der Waals surface area (Å²) in [4.78, 5) is 1.39. The maximum absolute atomic E-state index is 9.79. The fourth-order valence-electron chi connectivity index (χ4n) is 0.222. The minimum absolute atomic E-state index is 0.966. The van der Waals surface area contributed by atoms with Crippen LogP contribution < -0.4 is 0 Å². The monoisotopic (exact) mass is 136 g/mol. The van der Waals surface area contributed by atoms with Gasteiger partial charge in [-0.15, -0.1) is 0 Å². The van der Waals surface area contributed by atoms with Crippen LogP contribution in [0.25, 0.3) is 0 Å². The first kappa shape index (κ1) is 6.91. The van der Waals surface area contributed by atoms with E-state index in [1.807, 2.05) is 13.1 Å². The van der Waals surface area contributed by atoms with E-state index in [2.05, 4.69) is 0 Å². The average Bonchev–Trinajstić information content (AvgIpc) is 1.27. The lowest BCUT2D eigenvalue weighted by molar-refractivity contribution is 0.627. The molecule has 0 rings (SSSR count). The van der Waals surface area contributed by atoms with Crippen molar-refractivity contribution in [1.29, 1.82) is 0 Å². The second-order valence-electron chi connectivity index (χ2n) is 1.64. The van der Waals surface area contributed by atoms with Gasteiger partial charge in [-0.3, -0.25) is 0 Å². The smallest absolute Gasteiger partial charge is 0.185 e. The molecule has 7 heavy (non-hydrogen) atoms. The van der Waals surface area contributed by atoms with Crippen LogP contribution in [0.2, 0.25) is 13.1 Å². The minimum Gasteiger partial charge on any atom is -0.185 e. The summed E-state index contributed by atoms with van der Waals surface area (Å²) in [7, 11) is -2.88. The van der Waals surface area contributed by atoms with E-state index in [0.717, 1.165) is 0 Å². The van der Waals surface area contributed by atoms with Crippen molar-refractivity contribution >= 4 is 24.1 Å². The van der Waals surface area contributed by atoms with Crippen LogP contribution in [0.3, 0.4) is 0 Å². The molecule has 0 N–H and O–H groups in total. The van der Waals surface area contributed by atoms with Crippen LogP contribution in [0.1, 0.15) is 0 Å². The minimum atomic E-state index is -1.91. The van der Waals surface area contributed by atoms with Gasteiger partial charge in [0.1, 0.15) is 0 Å². The van der Waals surface area contributed by atoms with Crippen molar-refractivity contribution in [2.75, 3.05) is 0 Å². The van der Waals surface area contributed by atoms with Gasteiger partial charge in [-0.2, -0.15) is 8.42 Å². The second kappa shape index (κ2) is 2.98. The van der Waals surface area contributed by atoms with Gasteiger partial charge in [0.25, 0.3) is 0 Å². The lowest BCUT2D eigenvalue weighted by Gasteiger charge is -1.78. The standard InChI is InChI=1S/C3H8O2SSi/c1-7(2)3-6(4)5/h3,7H,1-2H3. The van der Waals surface area contributed by atoms with Crippen LogP contribution in [0, 0.1) is 0 Å². The molecule has 0 radical (unpaired) electrons. The van der Waals surface area contributed by atoms with E-state index in [1.165, 1.54) is 4.99 Å². The van der Waals surface area contributed by atoms with Gasteiger partial charge in [0.05, 0.1) is 8.80 Å². The number of hydrogen-bond donors (Lipinski definition) is 0. The molecule has 0 aromatic carbocycles. The van der Waals surface area contributed by atoms with Gasteiger partial charge in [0.15, 0.2) is 0 Å². The third kappa shape index (κ3) is 5.91. The summed E-state index contributed by atoms with van der Waals surface area (Å²) in [5.74, 6) is 0. The molecule has 0 aliphatic heterocycles. The molecule has 0 bridgehead atoms. The molecule has 0 heterocycles. The molecule has 0 atom stereocenters. The highest BCUT2D eigenvalue weighted by Crippen LogP contribution is 1.66. The summed E-state index contributed by atoms with van der Waals surface area (Å²) in [6.07, 6.45) is 0. The Morgan fingerprint density at radius 1 is 1.43 bits per heavy atom. The molecule has 0 aromatic rings. The Labute approximate surface area is 46.3 Å². The highest BCUT2D eigenvalue weighted by molar-refractivity contribution is 7.75. The molecule has 4 heteroatoms. The van der Waals surface area contributed by atoms with Crippen LogP contribution in [-0.2, 0) is 10.3 Å². The highest BCUT2D eigenvalue weighted by Gasteiger charge is 1.85. The van der Waals surface area contributed by atoms with E-state index in [-0.39, 0.29) is 0 Å². The van der Waals surface area contributed by atoms with Crippen LogP contribution in [-0.4, -0.2) is 22.2 Å². The lowest BCUT2D eigenvalue weighted by Crippen LogP contribution is -2.01. The molecule has 0 amide bonds. The van der Waals surface area contributed by atoms with Crippen LogP contribution in [0.4, 0.5) is 0 Å². The Kier molecular flexibility index (Phi) is 2.94. The summed E-state index contributed by atoms with van der Waals surface area (Å²) in [5, 5.41) is 0. The Hall–Kier alpha value is -0.0931. The molecular weight excluding hydrogens is 128 g/mol. The predicted molar refractivity (Wildman–Crippen MR) is 33.9 cm³/mol. The van der Waals surface area contributed by atoms with Crippen molar-refractivity contribution in [3.63, 3.8) is 0 Å². The molecule has 0 saturated heterocycles. The molecule has 0 aliphatic rings. The quantitative estimate of drug-likeness (QED) is 0.366. The van der Waals surface area contributed by atoms with Crippen molar-refractivity contribution < 1.29 is 8.42 Å². The fraction of sp³-hybridized carbons (Fsp3) is 0.667. The van der Waals surface area contributed by atoms with E-state index in [0.29, 0.717) is 0 Å². The van der Waals surface area contributed by atoms with E-state index in [9.17, 15) is 8.42 Å². The Balaban J connectivity index is 3.96. The average molecular weight is 136 g/mol. The number of rotatable bonds is 1. The maximum atomic E-state index is 9.79. The van der Waals surface area contributed by atoms with Gasteiger partial charge in [0.2, 0.25) is 10.3 Å². The van der Waals surface area contributed by atoms with E-state index < -0.39 is 19.1 Å². The van der Waals surface area contributed by atoms with Gasteiger partial charge in [0, 0.05) is 4.99 Å². The highest BCUT2D eigenvalue weighted by atomic mass is 32.2. The molecule has 0 fully saturated rings. The molecular formula is C3H8O2SSi. The molecule has 0 spiro atoms. The van der Waals surface area contributed by atoms with Crippen molar-refractivity contribution in [2.45, 2.75) is 13.1 Å². The zero-order valence-electron chi connectivity index (χ0n) is 4.38. The molecule has 0 aliphatic carbocycles. The molecule has 2 nitrogen and oxygen atoms in total. The van der Waals surface area contributed by atoms with Crippen molar-refractivity contribution in [1.82, 2.24) is 0 Å². The zero-order chi connectivity index (χ0) is 5.86. The van der Waals surface area contributed by atoms with Gasteiger partial charge in [-0.05, 0) is 0 Å². The number of hydrogen-bond acceptors (Lipinski definition) is 2. The van der Waals surface area contributed by atoms with Crippen LogP contribution in [0.5, 0.6) is 0 Å². The third-order valence-electron chi connectivity index (χ3n) is 0.383. The predicted octanol–water partition coefficient (Wildman–Crippen LogP) is -0.306. The first-order valence-corrected chi connectivity index (χ1v) is 6.17. The summed E-state index contributed by atoms with van der Waals surface area (Å²) in [6.45, 7) is 3.91. The topological polar surface area (TPSA) is 34.1 Å². The molecule has 42 valence electrons. The van der Waals surface area contributed by atoms with Gasteiger partial charge in [-0.1, -0.05) is 13.1 Å². The SMILES string of the molecule is C[SiH](C)C=S(=O)=O. The Morgan fingerprint density at radius 3 is 1.86 bits per heavy atom. The van der Waals surface area contributed by atoms with Gasteiger partial charge < -0.3 is 0 Å². The summed E-state index contributed by atoms with van der Waals surface area (Å²) in [5.41, 5.74) is 0. The molecule has 0 saturated carbocycles. The third-order valence-corrected chi connectivity index (χ3v) is 3.45. The first-order valence-electron chi connectivity index (χ1n) is 2.06.